The highest BCUT2D eigenvalue weighted by Gasteiger charge is 2.25. The zero-order valence-electron chi connectivity index (χ0n) is 6.63. The minimum Gasteiger partial charge on any atom is -0.325 e. The van der Waals surface area contributed by atoms with Gasteiger partial charge in [-0.15, -0.1) is 0 Å². The van der Waals surface area contributed by atoms with Gasteiger partial charge in [0.2, 0.25) is 0 Å². The van der Waals surface area contributed by atoms with Gasteiger partial charge in [-0.1, -0.05) is 0 Å². The van der Waals surface area contributed by atoms with Crippen molar-refractivity contribution in [1.29, 1.82) is 0 Å². The van der Waals surface area contributed by atoms with E-state index in [9.17, 15) is 0 Å². The standard InChI is InChI=1S/C8H10BrN3/c9-8-11-6(4-10)3-7(12-8)5-1-2-5/h3,5H,1-2,4,10H2. The van der Waals surface area contributed by atoms with Crippen molar-refractivity contribution in [2.24, 2.45) is 5.73 Å². The quantitative estimate of drug-likeness (QED) is 0.781. The first-order valence-corrected chi connectivity index (χ1v) is 4.82. The topological polar surface area (TPSA) is 51.8 Å². The summed E-state index contributed by atoms with van der Waals surface area (Å²) in [5.41, 5.74) is 7.55. The molecule has 1 aromatic heterocycles. The van der Waals surface area contributed by atoms with Crippen molar-refractivity contribution < 1.29 is 0 Å². The number of aromatic nitrogens is 2. The summed E-state index contributed by atoms with van der Waals surface area (Å²) in [7, 11) is 0. The zero-order valence-corrected chi connectivity index (χ0v) is 8.21. The molecule has 1 aromatic rings. The summed E-state index contributed by atoms with van der Waals surface area (Å²) < 4.78 is 0.660. The Hall–Kier alpha value is -0.480. The average molecular weight is 228 g/mol. The molecule has 4 heteroatoms. The summed E-state index contributed by atoms with van der Waals surface area (Å²) >= 11 is 3.27. The zero-order chi connectivity index (χ0) is 8.55. The molecule has 0 aromatic carbocycles. The molecule has 0 spiro atoms. The van der Waals surface area contributed by atoms with Crippen molar-refractivity contribution in [3.05, 3.63) is 22.2 Å². The van der Waals surface area contributed by atoms with Gasteiger partial charge < -0.3 is 5.73 Å². The van der Waals surface area contributed by atoms with Gasteiger partial charge in [0, 0.05) is 18.2 Å². The number of rotatable bonds is 2. The molecule has 0 radical (unpaired) electrons. The van der Waals surface area contributed by atoms with Crippen LogP contribution in [0.5, 0.6) is 0 Å². The number of nitrogens with two attached hydrogens (primary N) is 1. The van der Waals surface area contributed by atoms with E-state index in [4.69, 9.17) is 5.73 Å². The molecule has 1 heterocycles. The van der Waals surface area contributed by atoms with Crippen LogP contribution in [0.4, 0.5) is 0 Å². The van der Waals surface area contributed by atoms with Gasteiger partial charge >= 0.3 is 0 Å². The third-order valence-corrected chi connectivity index (χ3v) is 2.33. The van der Waals surface area contributed by atoms with E-state index >= 15 is 0 Å². The van der Waals surface area contributed by atoms with Crippen molar-refractivity contribution in [2.75, 3.05) is 0 Å². The number of nitrogens with zero attached hydrogens (tertiary/aromatic N) is 2. The van der Waals surface area contributed by atoms with Crippen LogP contribution in [0.25, 0.3) is 0 Å². The molecule has 0 aliphatic heterocycles. The van der Waals surface area contributed by atoms with Crippen LogP contribution in [-0.4, -0.2) is 9.97 Å². The Balaban J connectivity index is 2.34. The van der Waals surface area contributed by atoms with E-state index in [1.54, 1.807) is 0 Å². The molecule has 1 aliphatic carbocycles. The van der Waals surface area contributed by atoms with Crippen molar-refractivity contribution >= 4 is 15.9 Å². The van der Waals surface area contributed by atoms with Gasteiger partial charge in [0.05, 0.1) is 5.69 Å². The molecular formula is C8H10BrN3. The third-order valence-electron chi connectivity index (χ3n) is 1.98. The molecule has 2 N–H and O–H groups in total. The normalized spacial score (nSPS) is 16.5. The third kappa shape index (κ3) is 1.64. The Kier molecular flexibility index (Phi) is 2.11. The smallest absolute Gasteiger partial charge is 0.197 e. The lowest BCUT2D eigenvalue weighted by atomic mass is 10.2. The van der Waals surface area contributed by atoms with Gasteiger partial charge in [-0.3, -0.25) is 0 Å². The number of halogens is 1. The largest absolute Gasteiger partial charge is 0.325 e. The molecule has 2 rings (SSSR count). The Bertz CT molecular complexity index is 296. The summed E-state index contributed by atoms with van der Waals surface area (Å²) in [6.07, 6.45) is 2.51. The second kappa shape index (κ2) is 3.11. The molecule has 0 amide bonds. The Labute approximate surface area is 79.5 Å². The fourth-order valence-electron chi connectivity index (χ4n) is 1.18. The van der Waals surface area contributed by atoms with E-state index in [-0.39, 0.29) is 0 Å². The molecule has 1 saturated carbocycles. The molecule has 0 bridgehead atoms. The predicted octanol–water partition coefficient (Wildman–Crippen LogP) is 1.58. The molecule has 0 unspecified atom stereocenters. The van der Waals surface area contributed by atoms with Gasteiger partial charge in [0.15, 0.2) is 4.73 Å². The highest BCUT2D eigenvalue weighted by molar-refractivity contribution is 9.10. The average Bonchev–Trinajstić information content (AvgIpc) is 2.85. The lowest BCUT2D eigenvalue weighted by molar-refractivity contribution is 0.892. The summed E-state index contributed by atoms with van der Waals surface area (Å²) in [5.74, 6) is 0.662. The monoisotopic (exact) mass is 227 g/mol. The van der Waals surface area contributed by atoms with E-state index in [0.717, 1.165) is 11.4 Å². The Morgan fingerprint density at radius 2 is 2.25 bits per heavy atom. The highest BCUT2D eigenvalue weighted by Crippen LogP contribution is 2.39. The number of hydrogen-bond acceptors (Lipinski definition) is 3. The maximum atomic E-state index is 5.50. The fraction of sp³-hybridized carbons (Fsp3) is 0.500. The van der Waals surface area contributed by atoms with E-state index in [0.29, 0.717) is 17.2 Å². The minimum atomic E-state index is 0.487. The SMILES string of the molecule is NCc1cc(C2CC2)nc(Br)n1. The lowest BCUT2D eigenvalue weighted by Crippen LogP contribution is -2.02. The molecule has 64 valence electrons. The van der Waals surface area contributed by atoms with Crippen LogP contribution < -0.4 is 5.73 Å². The molecular weight excluding hydrogens is 218 g/mol. The second-order valence-electron chi connectivity index (χ2n) is 3.03. The van der Waals surface area contributed by atoms with Gasteiger partial charge in [-0.05, 0) is 34.8 Å². The van der Waals surface area contributed by atoms with Crippen LogP contribution >= 0.6 is 15.9 Å². The molecule has 1 aliphatic rings. The summed E-state index contributed by atoms with van der Waals surface area (Å²) in [6.45, 7) is 0.487. The lowest BCUT2D eigenvalue weighted by Gasteiger charge is -2.01. The maximum Gasteiger partial charge on any atom is 0.197 e. The first-order valence-electron chi connectivity index (χ1n) is 4.03. The molecule has 0 atom stereocenters. The fourth-order valence-corrected chi connectivity index (χ4v) is 1.61. The van der Waals surface area contributed by atoms with Gasteiger partial charge in [0.1, 0.15) is 0 Å². The molecule has 1 fully saturated rings. The highest BCUT2D eigenvalue weighted by atomic mass is 79.9. The van der Waals surface area contributed by atoms with Gasteiger partial charge in [-0.25, -0.2) is 9.97 Å². The van der Waals surface area contributed by atoms with E-state index in [2.05, 4.69) is 25.9 Å². The van der Waals surface area contributed by atoms with E-state index in [1.165, 1.54) is 12.8 Å². The Morgan fingerprint density at radius 1 is 1.50 bits per heavy atom. The van der Waals surface area contributed by atoms with Crippen LogP contribution in [0, 0.1) is 0 Å². The van der Waals surface area contributed by atoms with Crippen molar-refractivity contribution in [2.45, 2.75) is 25.3 Å². The molecule has 12 heavy (non-hydrogen) atoms. The molecule has 0 saturated heterocycles. The van der Waals surface area contributed by atoms with E-state index in [1.807, 2.05) is 6.07 Å². The Morgan fingerprint density at radius 3 is 2.83 bits per heavy atom. The first kappa shape index (κ1) is 8.13. The summed E-state index contributed by atoms with van der Waals surface area (Å²) in [4.78, 5) is 8.44. The van der Waals surface area contributed by atoms with Crippen LogP contribution in [-0.2, 0) is 6.54 Å². The number of hydrogen-bond donors (Lipinski definition) is 1. The van der Waals surface area contributed by atoms with Crippen molar-refractivity contribution in [1.82, 2.24) is 9.97 Å². The molecule has 3 nitrogen and oxygen atoms in total. The van der Waals surface area contributed by atoms with Crippen LogP contribution in [0.3, 0.4) is 0 Å². The minimum absolute atomic E-state index is 0.487. The second-order valence-corrected chi connectivity index (χ2v) is 3.74. The van der Waals surface area contributed by atoms with Crippen molar-refractivity contribution in [3.63, 3.8) is 0 Å². The van der Waals surface area contributed by atoms with Crippen LogP contribution in [0.1, 0.15) is 30.1 Å². The summed E-state index contributed by atoms with van der Waals surface area (Å²) in [6, 6.07) is 2.00. The van der Waals surface area contributed by atoms with E-state index < -0.39 is 0 Å². The summed E-state index contributed by atoms with van der Waals surface area (Å²) in [5, 5.41) is 0. The van der Waals surface area contributed by atoms with Crippen LogP contribution in [0.2, 0.25) is 0 Å². The maximum absolute atomic E-state index is 5.50. The predicted molar refractivity (Wildman–Crippen MR) is 49.6 cm³/mol. The van der Waals surface area contributed by atoms with Crippen LogP contribution in [0.15, 0.2) is 10.8 Å². The van der Waals surface area contributed by atoms with Crippen molar-refractivity contribution in [3.8, 4) is 0 Å². The first-order chi connectivity index (χ1) is 5.79. The van der Waals surface area contributed by atoms with Gasteiger partial charge in [-0.2, -0.15) is 0 Å². The van der Waals surface area contributed by atoms with Gasteiger partial charge in [0.25, 0.3) is 0 Å².